The highest BCUT2D eigenvalue weighted by molar-refractivity contribution is 5.80. The van der Waals surface area contributed by atoms with Gasteiger partial charge in [0.2, 0.25) is 0 Å². The summed E-state index contributed by atoms with van der Waals surface area (Å²) in [4.78, 5) is 0. The van der Waals surface area contributed by atoms with E-state index in [0.717, 1.165) is 16.7 Å². The second-order valence-corrected chi connectivity index (χ2v) is 3.20. The first-order valence-electron chi connectivity index (χ1n) is 5.99. The van der Waals surface area contributed by atoms with Gasteiger partial charge in [-0.1, -0.05) is 89.1 Å². The first-order valence-corrected chi connectivity index (χ1v) is 5.99. The Kier molecular flexibility index (Phi) is 12.0. The maximum atomic E-state index is 4.10. The summed E-state index contributed by atoms with van der Waals surface area (Å²) in [6.07, 6.45) is 7.79. The average Bonchev–Trinajstić information content (AvgIpc) is 2.41. The molecule has 1 rings (SSSR count). The van der Waals surface area contributed by atoms with Crippen LogP contribution in [-0.2, 0) is 0 Å². The Labute approximate surface area is 113 Å². The van der Waals surface area contributed by atoms with Crippen LogP contribution in [0.25, 0.3) is 5.57 Å². The van der Waals surface area contributed by atoms with E-state index in [-0.39, 0.29) is 7.43 Å². The van der Waals surface area contributed by atoms with Crippen LogP contribution in [0.2, 0.25) is 0 Å². The molecule has 0 spiro atoms. The fourth-order valence-electron chi connectivity index (χ4n) is 1.37. The Balaban J connectivity index is 0. The molecule has 1 aromatic carbocycles. The van der Waals surface area contributed by atoms with Gasteiger partial charge in [0, 0.05) is 0 Å². The van der Waals surface area contributed by atoms with Crippen molar-refractivity contribution >= 4 is 5.57 Å². The van der Waals surface area contributed by atoms with Crippen LogP contribution in [0.15, 0.2) is 73.4 Å². The zero-order valence-electron chi connectivity index (χ0n) is 11.1. The molecule has 0 aliphatic rings. The average molecular weight is 242 g/mol. The smallest absolute Gasteiger partial charge is 0.0184 e. The molecular weight excluding hydrogens is 216 g/mol. The van der Waals surface area contributed by atoms with Crippen LogP contribution in [0.3, 0.4) is 0 Å². The van der Waals surface area contributed by atoms with E-state index < -0.39 is 0 Å². The maximum Gasteiger partial charge on any atom is -0.0184 e. The van der Waals surface area contributed by atoms with E-state index in [9.17, 15) is 0 Å². The normalized spacial score (nSPS) is 10.1. The number of allylic oxidation sites excluding steroid dienone is 6. The van der Waals surface area contributed by atoms with Crippen molar-refractivity contribution in [1.82, 2.24) is 0 Å². The van der Waals surface area contributed by atoms with Gasteiger partial charge < -0.3 is 0 Å². The van der Waals surface area contributed by atoms with Crippen molar-refractivity contribution in [3.8, 4) is 0 Å². The van der Waals surface area contributed by atoms with Crippen LogP contribution in [0, 0.1) is 0 Å². The third-order valence-corrected chi connectivity index (χ3v) is 2.11. The van der Waals surface area contributed by atoms with Crippen LogP contribution in [0.5, 0.6) is 0 Å². The van der Waals surface area contributed by atoms with Crippen molar-refractivity contribution in [3.63, 3.8) is 0 Å². The maximum absolute atomic E-state index is 4.10. The largest absolute Gasteiger partial charge is 0.0990 e. The Morgan fingerprint density at radius 2 is 1.67 bits per heavy atom. The molecular formula is C18H26. The first kappa shape index (κ1) is 18.5. The quantitative estimate of drug-likeness (QED) is 0.564. The highest BCUT2D eigenvalue weighted by atomic mass is 14.0. The molecule has 0 saturated carbocycles. The molecule has 0 saturated heterocycles. The molecule has 0 aliphatic carbocycles. The van der Waals surface area contributed by atoms with Crippen LogP contribution >= 0.6 is 0 Å². The van der Waals surface area contributed by atoms with E-state index in [4.69, 9.17) is 0 Å². The Hall–Kier alpha value is -1.82. The highest BCUT2D eigenvalue weighted by Gasteiger charge is 2.00. The predicted octanol–water partition coefficient (Wildman–Crippen LogP) is 6.05. The summed E-state index contributed by atoms with van der Waals surface area (Å²) >= 11 is 0. The van der Waals surface area contributed by atoms with Gasteiger partial charge in [0.1, 0.15) is 0 Å². The van der Waals surface area contributed by atoms with Gasteiger partial charge in [-0.25, -0.2) is 0 Å². The minimum atomic E-state index is 0. The fraction of sp³-hybridized carbons (Fsp3) is 0.222. The number of rotatable bonds is 4. The van der Waals surface area contributed by atoms with Gasteiger partial charge in [-0.3, -0.25) is 0 Å². The number of hydrogen-bond donors (Lipinski definition) is 0. The van der Waals surface area contributed by atoms with Crippen LogP contribution in [0.4, 0.5) is 0 Å². The zero-order valence-corrected chi connectivity index (χ0v) is 11.1. The lowest BCUT2D eigenvalue weighted by atomic mass is 9.99. The van der Waals surface area contributed by atoms with Crippen molar-refractivity contribution in [1.29, 1.82) is 0 Å². The summed E-state index contributed by atoms with van der Waals surface area (Å²) in [7, 11) is 0. The minimum absolute atomic E-state index is 0. The van der Waals surface area contributed by atoms with Crippen molar-refractivity contribution < 1.29 is 0 Å². The van der Waals surface area contributed by atoms with Crippen molar-refractivity contribution in [2.24, 2.45) is 0 Å². The molecule has 0 bridgehead atoms. The van der Waals surface area contributed by atoms with E-state index >= 15 is 0 Å². The lowest BCUT2D eigenvalue weighted by Gasteiger charge is -2.06. The highest BCUT2D eigenvalue weighted by Crippen LogP contribution is 2.21. The van der Waals surface area contributed by atoms with Gasteiger partial charge in [-0.2, -0.15) is 0 Å². The van der Waals surface area contributed by atoms with Crippen LogP contribution in [-0.4, -0.2) is 0 Å². The second-order valence-electron chi connectivity index (χ2n) is 3.20. The van der Waals surface area contributed by atoms with Crippen molar-refractivity contribution in [3.05, 3.63) is 78.9 Å². The topological polar surface area (TPSA) is 0 Å². The van der Waals surface area contributed by atoms with E-state index in [1.165, 1.54) is 0 Å². The van der Waals surface area contributed by atoms with Crippen molar-refractivity contribution in [2.75, 3.05) is 0 Å². The molecule has 0 heteroatoms. The predicted molar refractivity (Wildman–Crippen MR) is 86.6 cm³/mol. The van der Waals surface area contributed by atoms with Crippen LogP contribution in [0.1, 0.15) is 33.8 Å². The zero-order chi connectivity index (χ0) is 13.1. The molecule has 98 valence electrons. The molecule has 0 unspecified atom stereocenters. The number of hydrogen-bond acceptors (Lipinski definition) is 0. The van der Waals surface area contributed by atoms with Gasteiger partial charge in [0.15, 0.2) is 0 Å². The monoisotopic (exact) mass is 242 g/mol. The second kappa shape index (κ2) is 11.7. The summed E-state index contributed by atoms with van der Waals surface area (Å²) in [5, 5.41) is 0. The van der Waals surface area contributed by atoms with Gasteiger partial charge in [-0.15, -0.1) is 0 Å². The summed E-state index contributed by atoms with van der Waals surface area (Å²) in [5.41, 5.74) is 3.26. The van der Waals surface area contributed by atoms with E-state index in [0.29, 0.717) is 0 Å². The van der Waals surface area contributed by atoms with Crippen molar-refractivity contribution in [2.45, 2.75) is 28.2 Å². The van der Waals surface area contributed by atoms with Crippen LogP contribution < -0.4 is 0 Å². The summed E-state index contributed by atoms with van der Waals surface area (Å²) < 4.78 is 0. The van der Waals surface area contributed by atoms with E-state index in [2.05, 4.69) is 25.3 Å². The van der Waals surface area contributed by atoms with Gasteiger partial charge in [0.05, 0.1) is 0 Å². The lowest BCUT2D eigenvalue weighted by Crippen LogP contribution is -1.85. The molecule has 0 heterocycles. The third kappa shape index (κ3) is 6.05. The Bertz CT molecular complexity index is 391. The van der Waals surface area contributed by atoms with E-state index in [1.54, 1.807) is 6.08 Å². The molecule has 1 aromatic rings. The molecule has 0 atom stereocenters. The number of benzene rings is 1. The molecule has 0 amide bonds. The molecule has 0 fully saturated rings. The van der Waals surface area contributed by atoms with E-state index in [1.807, 2.05) is 57.2 Å². The SMILES string of the molecule is C.C=C/C=C(\C=C/C)C(=C)c1ccccc1.CC. The first-order chi connectivity index (χ1) is 8.29. The summed E-state index contributed by atoms with van der Waals surface area (Å²) in [5.74, 6) is 0. The molecule has 0 nitrogen and oxygen atoms in total. The molecule has 0 aromatic heterocycles. The Morgan fingerprint density at radius 3 is 2.11 bits per heavy atom. The molecule has 18 heavy (non-hydrogen) atoms. The Morgan fingerprint density at radius 1 is 1.11 bits per heavy atom. The standard InChI is InChI=1S/C15H16.C2H6.CH4/c1-4-9-14(10-5-2)13(3)15-11-7-6-8-12-15;1-2;/h4-12H,1,3H2,2H3;1-2H3;1H4/b10-5-,14-9+;;. The summed E-state index contributed by atoms with van der Waals surface area (Å²) in [6.45, 7) is 13.8. The lowest BCUT2D eigenvalue weighted by molar-refractivity contribution is 1.50. The fourth-order valence-corrected chi connectivity index (χ4v) is 1.37. The molecule has 0 aliphatic heterocycles. The third-order valence-electron chi connectivity index (χ3n) is 2.11. The molecule has 0 radical (unpaired) electrons. The molecule has 0 N–H and O–H groups in total. The van der Waals surface area contributed by atoms with Gasteiger partial charge in [0.25, 0.3) is 0 Å². The summed E-state index contributed by atoms with van der Waals surface area (Å²) in [6, 6.07) is 10.2. The van der Waals surface area contributed by atoms with Gasteiger partial charge >= 0.3 is 0 Å². The van der Waals surface area contributed by atoms with Gasteiger partial charge in [-0.05, 0) is 23.6 Å². The minimum Gasteiger partial charge on any atom is -0.0990 e.